The van der Waals surface area contributed by atoms with E-state index in [1.165, 1.54) is 0 Å². The van der Waals surface area contributed by atoms with Crippen LogP contribution in [0.5, 0.6) is 0 Å². The van der Waals surface area contributed by atoms with Crippen LogP contribution in [0, 0.1) is 0 Å². The summed E-state index contributed by atoms with van der Waals surface area (Å²) in [7, 11) is 0. The van der Waals surface area contributed by atoms with E-state index < -0.39 is 0 Å². The molecule has 0 aromatic heterocycles. The van der Waals surface area contributed by atoms with E-state index in [1.807, 2.05) is 54.6 Å². The van der Waals surface area contributed by atoms with Crippen molar-refractivity contribution in [3.05, 3.63) is 77.9 Å². The fourth-order valence-electron chi connectivity index (χ4n) is 2.51. The summed E-state index contributed by atoms with van der Waals surface area (Å²) in [5.41, 5.74) is 2.50. The molecule has 0 unspecified atom stereocenters. The minimum Gasteiger partial charge on any atom is -0.326 e. The third kappa shape index (κ3) is 3.83. The highest BCUT2D eigenvalue weighted by Gasteiger charge is 2.04. The zero-order valence-electron chi connectivity index (χ0n) is 12.7. The largest absolute Gasteiger partial charge is 0.326 e. The van der Waals surface area contributed by atoms with E-state index in [-0.39, 0.29) is 5.91 Å². The number of hydrogen-bond donors (Lipinski definition) is 1. The molecule has 3 rings (SSSR count). The number of amides is 1. The molecule has 0 aliphatic rings. The van der Waals surface area contributed by atoms with Crippen molar-refractivity contribution in [3.63, 3.8) is 0 Å². The van der Waals surface area contributed by atoms with Gasteiger partial charge in [0.1, 0.15) is 6.29 Å². The highest BCUT2D eigenvalue weighted by atomic mass is 16.1. The second-order valence-corrected chi connectivity index (χ2v) is 5.47. The van der Waals surface area contributed by atoms with Crippen molar-refractivity contribution < 1.29 is 9.59 Å². The maximum absolute atomic E-state index is 12.1. The Labute approximate surface area is 135 Å². The van der Waals surface area contributed by atoms with Crippen LogP contribution in [0.25, 0.3) is 10.8 Å². The lowest BCUT2D eigenvalue weighted by Crippen LogP contribution is -2.12. The zero-order valence-corrected chi connectivity index (χ0v) is 12.7. The van der Waals surface area contributed by atoms with Crippen LogP contribution in [0.3, 0.4) is 0 Å². The number of rotatable bonds is 5. The van der Waals surface area contributed by atoms with Crippen LogP contribution in [-0.2, 0) is 11.2 Å². The summed E-state index contributed by atoms with van der Waals surface area (Å²) in [6, 6.07) is 21.2. The third-order valence-corrected chi connectivity index (χ3v) is 3.79. The first-order valence-corrected chi connectivity index (χ1v) is 7.57. The third-order valence-electron chi connectivity index (χ3n) is 3.79. The van der Waals surface area contributed by atoms with Gasteiger partial charge in [0.15, 0.2) is 0 Å². The average Bonchev–Trinajstić information content (AvgIpc) is 2.60. The number of aldehydes is 1. The minimum atomic E-state index is -0.0141. The maximum atomic E-state index is 12.1. The molecule has 0 aliphatic carbocycles. The first-order chi connectivity index (χ1) is 11.2. The predicted octanol–water partition coefficient (Wildman–Crippen LogP) is 4.22. The fourth-order valence-corrected chi connectivity index (χ4v) is 2.51. The standard InChI is InChI=1S/C20H17NO2/c22-14-16-7-5-15(6-8-16)9-12-20(23)21-19-11-10-17-3-1-2-4-18(17)13-19/h1-8,10-11,13-14H,9,12H2,(H,21,23). The molecular formula is C20H17NO2. The maximum Gasteiger partial charge on any atom is 0.224 e. The molecule has 0 spiro atoms. The van der Waals surface area contributed by atoms with E-state index in [1.54, 1.807) is 12.1 Å². The van der Waals surface area contributed by atoms with Crippen molar-refractivity contribution in [2.24, 2.45) is 0 Å². The van der Waals surface area contributed by atoms with Gasteiger partial charge < -0.3 is 5.32 Å². The number of fused-ring (bicyclic) bond motifs is 1. The van der Waals surface area contributed by atoms with Gasteiger partial charge in [-0.15, -0.1) is 0 Å². The molecule has 3 nitrogen and oxygen atoms in total. The topological polar surface area (TPSA) is 46.2 Å². The van der Waals surface area contributed by atoms with Gasteiger partial charge in [-0.2, -0.15) is 0 Å². The minimum absolute atomic E-state index is 0.0141. The Hall–Kier alpha value is -2.94. The lowest BCUT2D eigenvalue weighted by molar-refractivity contribution is -0.116. The molecule has 0 aliphatic heterocycles. The van der Waals surface area contributed by atoms with E-state index in [2.05, 4.69) is 5.32 Å². The summed E-state index contributed by atoms with van der Waals surface area (Å²) in [5.74, 6) is -0.0141. The molecule has 0 bridgehead atoms. The van der Waals surface area contributed by atoms with Gasteiger partial charge in [-0.3, -0.25) is 9.59 Å². The summed E-state index contributed by atoms with van der Waals surface area (Å²) in [6.45, 7) is 0. The molecule has 3 heteroatoms. The van der Waals surface area contributed by atoms with Crippen LogP contribution in [0.4, 0.5) is 5.69 Å². The molecule has 1 N–H and O–H groups in total. The Bertz CT molecular complexity index is 838. The van der Waals surface area contributed by atoms with Gasteiger partial charge in [0.05, 0.1) is 0 Å². The SMILES string of the molecule is O=Cc1ccc(CCC(=O)Nc2ccc3ccccc3c2)cc1. The van der Waals surface area contributed by atoms with Crippen LogP contribution in [0.15, 0.2) is 66.7 Å². The number of carbonyl (C=O) groups is 2. The summed E-state index contributed by atoms with van der Waals surface area (Å²) in [5, 5.41) is 5.19. The molecule has 1 amide bonds. The summed E-state index contributed by atoms with van der Waals surface area (Å²) >= 11 is 0. The number of carbonyl (C=O) groups excluding carboxylic acids is 2. The number of aryl methyl sites for hydroxylation is 1. The molecule has 3 aromatic carbocycles. The van der Waals surface area contributed by atoms with Crippen molar-refractivity contribution in [2.45, 2.75) is 12.8 Å². The van der Waals surface area contributed by atoms with Crippen molar-refractivity contribution in [3.8, 4) is 0 Å². The van der Waals surface area contributed by atoms with Crippen LogP contribution in [0.1, 0.15) is 22.3 Å². The first kappa shape index (κ1) is 15.0. The molecule has 0 saturated carbocycles. The Morgan fingerprint density at radius 3 is 2.39 bits per heavy atom. The number of benzene rings is 3. The molecule has 0 fully saturated rings. The molecule has 23 heavy (non-hydrogen) atoms. The van der Waals surface area contributed by atoms with Crippen molar-refractivity contribution in [1.82, 2.24) is 0 Å². The molecule has 3 aromatic rings. The van der Waals surface area contributed by atoms with Gasteiger partial charge in [-0.25, -0.2) is 0 Å². The highest BCUT2D eigenvalue weighted by molar-refractivity contribution is 5.94. The lowest BCUT2D eigenvalue weighted by atomic mass is 10.1. The van der Waals surface area contributed by atoms with E-state index in [4.69, 9.17) is 0 Å². The highest BCUT2D eigenvalue weighted by Crippen LogP contribution is 2.19. The molecule has 0 heterocycles. The Morgan fingerprint density at radius 1 is 0.913 bits per heavy atom. The van der Waals surface area contributed by atoms with Crippen LogP contribution < -0.4 is 5.32 Å². The Morgan fingerprint density at radius 2 is 1.65 bits per heavy atom. The van der Waals surface area contributed by atoms with Gasteiger partial charge in [0.2, 0.25) is 5.91 Å². The number of nitrogens with one attached hydrogen (secondary N) is 1. The summed E-state index contributed by atoms with van der Waals surface area (Å²) < 4.78 is 0. The van der Waals surface area contributed by atoms with Crippen molar-refractivity contribution in [2.75, 3.05) is 5.32 Å². The van der Waals surface area contributed by atoms with Crippen LogP contribution in [0.2, 0.25) is 0 Å². The average molecular weight is 303 g/mol. The van der Waals surface area contributed by atoms with E-state index in [0.29, 0.717) is 18.4 Å². The lowest BCUT2D eigenvalue weighted by Gasteiger charge is -2.07. The number of anilines is 1. The molecule has 0 atom stereocenters. The van der Waals surface area contributed by atoms with Crippen molar-refractivity contribution >= 4 is 28.7 Å². The van der Waals surface area contributed by atoms with E-state index in [0.717, 1.165) is 28.3 Å². The van der Waals surface area contributed by atoms with Crippen LogP contribution >= 0.6 is 0 Å². The zero-order chi connectivity index (χ0) is 16.1. The second-order valence-electron chi connectivity index (χ2n) is 5.47. The number of hydrogen-bond acceptors (Lipinski definition) is 2. The fraction of sp³-hybridized carbons (Fsp3) is 0.100. The van der Waals surface area contributed by atoms with Gasteiger partial charge in [-0.05, 0) is 34.9 Å². The Kier molecular flexibility index (Phi) is 4.48. The van der Waals surface area contributed by atoms with Crippen LogP contribution in [-0.4, -0.2) is 12.2 Å². The molecule has 0 radical (unpaired) electrons. The van der Waals surface area contributed by atoms with Gasteiger partial charge in [0, 0.05) is 17.7 Å². The quantitative estimate of drug-likeness (QED) is 0.717. The predicted molar refractivity (Wildman–Crippen MR) is 92.7 cm³/mol. The second kappa shape index (κ2) is 6.88. The summed E-state index contributed by atoms with van der Waals surface area (Å²) in [4.78, 5) is 22.7. The van der Waals surface area contributed by atoms with Gasteiger partial charge in [0.25, 0.3) is 0 Å². The summed E-state index contributed by atoms with van der Waals surface area (Å²) in [6.07, 6.45) is 1.88. The van der Waals surface area contributed by atoms with E-state index >= 15 is 0 Å². The van der Waals surface area contributed by atoms with Gasteiger partial charge >= 0.3 is 0 Å². The molecule has 0 saturated heterocycles. The normalized spacial score (nSPS) is 10.4. The monoisotopic (exact) mass is 303 g/mol. The molecular weight excluding hydrogens is 286 g/mol. The van der Waals surface area contributed by atoms with Gasteiger partial charge in [-0.1, -0.05) is 54.6 Å². The first-order valence-electron chi connectivity index (χ1n) is 7.57. The van der Waals surface area contributed by atoms with Crippen molar-refractivity contribution in [1.29, 1.82) is 0 Å². The smallest absolute Gasteiger partial charge is 0.224 e. The Balaban J connectivity index is 1.60. The molecule has 114 valence electrons. The van der Waals surface area contributed by atoms with E-state index in [9.17, 15) is 9.59 Å².